The minimum atomic E-state index is -1.01. The third-order valence-electron chi connectivity index (χ3n) is 4.44. The molecule has 98 valence electrons. The lowest BCUT2D eigenvalue weighted by Crippen LogP contribution is -2.57. The Labute approximate surface area is 103 Å². The Kier molecular flexibility index (Phi) is 3.46. The van der Waals surface area contributed by atoms with Crippen molar-refractivity contribution in [3.63, 3.8) is 0 Å². The Bertz CT molecular complexity index is 302. The summed E-state index contributed by atoms with van der Waals surface area (Å²) in [5.74, 6) is 0.747. The molecular weight excluding hydrogens is 216 g/mol. The van der Waals surface area contributed by atoms with Crippen molar-refractivity contribution in [3.05, 3.63) is 0 Å². The maximum atomic E-state index is 11.4. The molecule has 1 saturated carbocycles. The predicted molar refractivity (Wildman–Crippen MR) is 66.7 cm³/mol. The van der Waals surface area contributed by atoms with Gasteiger partial charge in [0.2, 0.25) is 0 Å². The van der Waals surface area contributed by atoms with Crippen molar-refractivity contribution >= 4 is 5.97 Å². The monoisotopic (exact) mass is 240 g/mol. The van der Waals surface area contributed by atoms with Crippen molar-refractivity contribution in [1.82, 2.24) is 4.90 Å². The average molecular weight is 240 g/mol. The fraction of sp³-hybridized carbons (Fsp3) is 0.923. The molecule has 1 saturated heterocycles. The lowest BCUT2D eigenvalue weighted by molar-refractivity contribution is -0.145. The number of nitrogens with zero attached hydrogens (tertiary/aromatic N) is 1. The van der Waals surface area contributed by atoms with Crippen LogP contribution in [0, 0.1) is 17.8 Å². The van der Waals surface area contributed by atoms with E-state index in [1.807, 2.05) is 0 Å². The Balaban J connectivity index is 1.94. The molecule has 17 heavy (non-hydrogen) atoms. The summed E-state index contributed by atoms with van der Waals surface area (Å²) in [5, 5.41) is 9.33. The Morgan fingerprint density at radius 3 is 2.53 bits per heavy atom. The molecule has 2 fully saturated rings. The summed E-state index contributed by atoms with van der Waals surface area (Å²) in [5.41, 5.74) is 5.10. The molecule has 1 aliphatic carbocycles. The smallest absolute Gasteiger partial charge is 0.325 e. The van der Waals surface area contributed by atoms with Gasteiger partial charge in [0.15, 0.2) is 0 Å². The van der Waals surface area contributed by atoms with E-state index in [1.54, 1.807) is 0 Å². The molecule has 4 heteroatoms. The first kappa shape index (κ1) is 12.8. The van der Waals surface area contributed by atoms with Gasteiger partial charge in [-0.3, -0.25) is 4.79 Å². The van der Waals surface area contributed by atoms with Crippen LogP contribution in [0.5, 0.6) is 0 Å². The summed E-state index contributed by atoms with van der Waals surface area (Å²) in [4.78, 5) is 13.6. The summed E-state index contributed by atoms with van der Waals surface area (Å²) in [6.45, 7) is 7.01. The van der Waals surface area contributed by atoms with Crippen molar-refractivity contribution in [1.29, 1.82) is 0 Å². The molecule has 2 rings (SSSR count). The molecule has 0 aromatic carbocycles. The van der Waals surface area contributed by atoms with E-state index in [9.17, 15) is 9.90 Å². The number of nitrogens with two attached hydrogens (primary N) is 1. The first-order valence-electron chi connectivity index (χ1n) is 6.68. The fourth-order valence-electron chi connectivity index (χ4n) is 2.89. The van der Waals surface area contributed by atoms with Gasteiger partial charge in [-0.1, -0.05) is 13.8 Å². The van der Waals surface area contributed by atoms with Crippen LogP contribution < -0.4 is 5.73 Å². The number of carboxylic acid groups (broad SMARTS) is 1. The molecule has 0 spiro atoms. The van der Waals surface area contributed by atoms with Crippen LogP contribution in [0.4, 0.5) is 0 Å². The Hall–Kier alpha value is -0.610. The van der Waals surface area contributed by atoms with E-state index >= 15 is 0 Å². The zero-order valence-electron chi connectivity index (χ0n) is 10.9. The van der Waals surface area contributed by atoms with E-state index in [-0.39, 0.29) is 5.92 Å². The van der Waals surface area contributed by atoms with Gasteiger partial charge in [0.25, 0.3) is 0 Å². The second kappa shape index (κ2) is 4.58. The van der Waals surface area contributed by atoms with Crippen LogP contribution >= 0.6 is 0 Å². The highest BCUT2D eigenvalue weighted by molar-refractivity contribution is 5.79. The van der Waals surface area contributed by atoms with Gasteiger partial charge in [0, 0.05) is 13.1 Å². The van der Waals surface area contributed by atoms with Crippen LogP contribution in [0.2, 0.25) is 0 Å². The van der Waals surface area contributed by atoms with Gasteiger partial charge in [-0.15, -0.1) is 0 Å². The van der Waals surface area contributed by atoms with Crippen molar-refractivity contribution in [3.8, 4) is 0 Å². The van der Waals surface area contributed by atoms with E-state index in [0.29, 0.717) is 18.4 Å². The van der Waals surface area contributed by atoms with E-state index in [2.05, 4.69) is 18.7 Å². The predicted octanol–water partition coefficient (Wildman–Crippen LogP) is 1.16. The van der Waals surface area contributed by atoms with E-state index in [1.165, 1.54) is 6.42 Å². The normalized spacial score (nSPS) is 29.5. The van der Waals surface area contributed by atoms with Gasteiger partial charge in [0.05, 0.1) is 0 Å². The molecule has 1 heterocycles. The first-order chi connectivity index (χ1) is 7.93. The van der Waals surface area contributed by atoms with Gasteiger partial charge >= 0.3 is 5.97 Å². The zero-order chi connectivity index (χ0) is 12.6. The Morgan fingerprint density at radius 1 is 1.47 bits per heavy atom. The number of hydrogen-bond donors (Lipinski definition) is 2. The van der Waals surface area contributed by atoms with E-state index in [4.69, 9.17) is 5.73 Å². The van der Waals surface area contributed by atoms with Gasteiger partial charge < -0.3 is 15.7 Å². The zero-order valence-corrected chi connectivity index (χ0v) is 10.9. The molecule has 0 amide bonds. The second-order valence-corrected chi connectivity index (χ2v) is 6.15. The minimum Gasteiger partial charge on any atom is -0.480 e. The number of likely N-dealkylation sites (tertiary alicyclic amines) is 1. The molecule has 2 atom stereocenters. The van der Waals surface area contributed by atoms with E-state index in [0.717, 1.165) is 25.9 Å². The summed E-state index contributed by atoms with van der Waals surface area (Å²) < 4.78 is 0. The third kappa shape index (κ3) is 2.63. The van der Waals surface area contributed by atoms with Crippen molar-refractivity contribution in [2.45, 2.75) is 38.6 Å². The number of hydrogen-bond acceptors (Lipinski definition) is 3. The minimum absolute atomic E-state index is 0.193. The van der Waals surface area contributed by atoms with Crippen LogP contribution in [0.1, 0.15) is 33.1 Å². The van der Waals surface area contributed by atoms with Gasteiger partial charge in [0.1, 0.15) is 5.54 Å². The lowest BCUT2D eigenvalue weighted by Gasteiger charge is -2.30. The summed E-state index contributed by atoms with van der Waals surface area (Å²) in [6, 6.07) is 0. The molecule has 2 unspecified atom stereocenters. The van der Waals surface area contributed by atoms with Crippen LogP contribution in [0.25, 0.3) is 0 Å². The molecule has 0 bridgehead atoms. The molecule has 0 aromatic heterocycles. The lowest BCUT2D eigenvalue weighted by atomic mass is 9.93. The van der Waals surface area contributed by atoms with Crippen molar-refractivity contribution in [2.75, 3.05) is 19.6 Å². The second-order valence-electron chi connectivity index (χ2n) is 6.15. The van der Waals surface area contributed by atoms with Crippen molar-refractivity contribution < 1.29 is 9.90 Å². The number of carbonyl (C=O) groups is 1. The van der Waals surface area contributed by atoms with Crippen LogP contribution in [-0.4, -0.2) is 41.1 Å². The maximum Gasteiger partial charge on any atom is 0.325 e. The Morgan fingerprint density at radius 2 is 2.12 bits per heavy atom. The van der Waals surface area contributed by atoms with Gasteiger partial charge in [-0.2, -0.15) is 0 Å². The fourth-order valence-corrected chi connectivity index (χ4v) is 2.89. The quantitative estimate of drug-likeness (QED) is 0.756. The average Bonchev–Trinajstić information content (AvgIpc) is 3.00. The number of carboxylic acids is 1. The molecule has 0 radical (unpaired) electrons. The molecule has 1 aliphatic heterocycles. The molecule has 3 N–H and O–H groups in total. The summed E-state index contributed by atoms with van der Waals surface area (Å²) >= 11 is 0. The van der Waals surface area contributed by atoms with Crippen LogP contribution in [0.3, 0.4) is 0 Å². The van der Waals surface area contributed by atoms with Crippen LogP contribution in [-0.2, 0) is 4.79 Å². The summed E-state index contributed by atoms with van der Waals surface area (Å²) in [7, 11) is 0. The summed E-state index contributed by atoms with van der Waals surface area (Å²) in [6.07, 6.45) is 3.13. The maximum absolute atomic E-state index is 11.4. The third-order valence-corrected chi connectivity index (χ3v) is 4.44. The highest BCUT2D eigenvalue weighted by atomic mass is 16.4. The highest BCUT2D eigenvalue weighted by Crippen LogP contribution is 2.39. The SMILES string of the molecule is CC(C)C1CCN(CC(N)(C(=O)O)C2CC2)C1. The molecular formula is C13H24N2O2. The molecule has 0 aromatic rings. The first-order valence-corrected chi connectivity index (χ1v) is 6.68. The number of rotatable bonds is 5. The van der Waals surface area contributed by atoms with Crippen LogP contribution in [0.15, 0.2) is 0 Å². The largest absolute Gasteiger partial charge is 0.480 e. The van der Waals surface area contributed by atoms with E-state index < -0.39 is 11.5 Å². The topological polar surface area (TPSA) is 66.6 Å². The van der Waals surface area contributed by atoms with Gasteiger partial charge in [-0.05, 0) is 43.6 Å². The standard InChI is InChI=1S/C13H24N2O2/c1-9(2)10-5-6-15(7-10)8-13(14,12(16)17)11-3-4-11/h9-11H,3-8,14H2,1-2H3,(H,16,17). The highest BCUT2D eigenvalue weighted by Gasteiger charge is 2.49. The van der Waals surface area contributed by atoms with Gasteiger partial charge in [-0.25, -0.2) is 0 Å². The molecule has 4 nitrogen and oxygen atoms in total. The number of aliphatic carboxylic acids is 1. The van der Waals surface area contributed by atoms with Crippen molar-refractivity contribution in [2.24, 2.45) is 23.5 Å². The molecule has 2 aliphatic rings.